The zero-order chi connectivity index (χ0) is 14.0. The van der Waals surface area contributed by atoms with Crippen LogP contribution in [0.3, 0.4) is 0 Å². The third-order valence-corrected chi connectivity index (χ3v) is 4.73. The van der Waals surface area contributed by atoms with Crippen molar-refractivity contribution in [1.29, 1.82) is 0 Å². The number of rotatable bonds is 4. The Morgan fingerprint density at radius 1 is 1.47 bits per heavy atom. The quantitative estimate of drug-likeness (QED) is 0.906. The minimum absolute atomic E-state index is 0.0282. The third-order valence-electron chi connectivity index (χ3n) is 2.55. The summed E-state index contributed by atoms with van der Waals surface area (Å²) < 4.78 is 22.6. The molecule has 0 saturated carbocycles. The minimum Gasteiger partial charge on any atom is -0.379 e. The summed E-state index contributed by atoms with van der Waals surface area (Å²) in [5.74, 6) is 0. The second-order valence-electron chi connectivity index (χ2n) is 3.90. The Morgan fingerprint density at radius 2 is 2.21 bits per heavy atom. The molecular weight excluding hydrogens is 306 g/mol. The van der Waals surface area contributed by atoms with E-state index in [0.29, 0.717) is 17.3 Å². The highest BCUT2D eigenvalue weighted by atomic mass is 35.5. The molecule has 1 aromatic carbocycles. The number of nitrogens with two attached hydrogens (primary N) is 1. The standard InChI is InChI=1S/C11H12ClN3O2S2/c1-7-11(18-6-15-7)5-14-10-4-8(19(13,16)17)2-3-9(10)12/h2-4,6,14H,5H2,1H3,(H2,13,16,17). The van der Waals surface area contributed by atoms with E-state index in [1.165, 1.54) is 29.5 Å². The number of nitrogens with one attached hydrogen (secondary N) is 1. The molecule has 19 heavy (non-hydrogen) atoms. The van der Waals surface area contributed by atoms with Gasteiger partial charge in [-0.3, -0.25) is 0 Å². The molecule has 0 unspecified atom stereocenters. The third kappa shape index (κ3) is 3.44. The maximum absolute atomic E-state index is 11.3. The van der Waals surface area contributed by atoms with Crippen molar-refractivity contribution in [3.8, 4) is 0 Å². The molecule has 0 radical (unpaired) electrons. The number of aryl methyl sites for hydroxylation is 1. The molecule has 0 aliphatic rings. The fourth-order valence-electron chi connectivity index (χ4n) is 1.49. The van der Waals surface area contributed by atoms with Crippen LogP contribution in [0.25, 0.3) is 0 Å². The molecule has 0 aliphatic carbocycles. The number of hydrogen-bond acceptors (Lipinski definition) is 5. The summed E-state index contributed by atoms with van der Waals surface area (Å²) in [4.78, 5) is 5.23. The Balaban J connectivity index is 2.23. The van der Waals surface area contributed by atoms with Crippen molar-refractivity contribution < 1.29 is 8.42 Å². The van der Waals surface area contributed by atoms with Crippen molar-refractivity contribution in [2.45, 2.75) is 18.4 Å². The molecule has 0 fully saturated rings. The minimum atomic E-state index is -3.73. The highest BCUT2D eigenvalue weighted by Gasteiger charge is 2.11. The second-order valence-corrected chi connectivity index (χ2v) is 6.81. The zero-order valence-corrected chi connectivity index (χ0v) is 12.4. The van der Waals surface area contributed by atoms with E-state index in [4.69, 9.17) is 16.7 Å². The van der Waals surface area contributed by atoms with E-state index in [1.807, 2.05) is 6.92 Å². The summed E-state index contributed by atoms with van der Waals surface area (Å²) in [6, 6.07) is 4.30. The molecule has 0 atom stereocenters. The number of thiazole rings is 1. The van der Waals surface area contributed by atoms with Gasteiger partial charge in [-0.25, -0.2) is 18.5 Å². The van der Waals surface area contributed by atoms with Gasteiger partial charge in [0, 0.05) is 4.88 Å². The summed E-state index contributed by atoms with van der Waals surface area (Å²) >= 11 is 7.54. The number of hydrogen-bond donors (Lipinski definition) is 2. The zero-order valence-electron chi connectivity index (χ0n) is 10.1. The Morgan fingerprint density at radius 3 is 2.79 bits per heavy atom. The van der Waals surface area contributed by atoms with Gasteiger partial charge in [-0.15, -0.1) is 11.3 Å². The number of anilines is 1. The van der Waals surface area contributed by atoms with Crippen LogP contribution < -0.4 is 10.5 Å². The van der Waals surface area contributed by atoms with Crippen molar-refractivity contribution in [2.75, 3.05) is 5.32 Å². The second kappa shape index (κ2) is 5.46. The van der Waals surface area contributed by atoms with E-state index in [2.05, 4.69) is 10.3 Å². The van der Waals surface area contributed by atoms with E-state index in [9.17, 15) is 8.42 Å². The first-order chi connectivity index (χ1) is 8.88. The van der Waals surface area contributed by atoms with Crippen LogP contribution in [-0.2, 0) is 16.6 Å². The summed E-state index contributed by atoms with van der Waals surface area (Å²) in [5, 5.41) is 8.61. The van der Waals surface area contributed by atoms with Gasteiger partial charge in [0.25, 0.3) is 0 Å². The summed E-state index contributed by atoms with van der Waals surface area (Å²) in [5.41, 5.74) is 3.23. The largest absolute Gasteiger partial charge is 0.379 e. The molecule has 2 rings (SSSR count). The number of sulfonamides is 1. The lowest BCUT2D eigenvalue weighted by molar-refractivity contribution is 0.598. The van der Waals surface area contributed by atoms with E-state index < -0.39 is 10.0 Å². The van der Waals surface area contributed by atoms with Crippen LogP contribution in [0.15, 0.2) is 28.6 Å². The topological polar surface area (TPSA) is 85.1 Å². The fraction of sp³-hybridized carbons (Fsp3) is 0.182. The molecule has 0 amide bonds. The summed E-state index contributed by atoms with van der Waals surface area (Å²) in [6.45, 7) is 2.44. The van der Waals surface area contributed by atoms with Gasteiger partial charge in [0.2, 0.25) is 10.0 Å². The van der Waals surface area contributed by atoms with Gasteiger partial charge in [-0.1, -0.05) is 11.6 Å². The molecule has 5 nitrogen and oxygen atoms in total. The van der Waals surface area contributed by atoms with Gasteiger partial charge < -0.3 is 5.32 Å². The van der Waals surface area contributed by atoms with Gasteiger partial charge in [-0.05, 0) is 25.1 Å². The van der Waals surface area contributed by atoms with Crippen molar-refractivity contribution in [3.63, 3.8) is 0 Å². The Bertz CT molecular complexity index is 698. The van der Waals surface area contributed by atoms with Crippen molar-refractivity contribution in [3.05, 3.63) is 39.3 Å². The normalized spacial score (nSPS) is 11.5. The highest BCUT2D eigenvalue weighted by Crippen LogP contribution is 2.26. The first-order valence-corrected chi connectivity index (χ1v) is 8.13. The number of nitrogens with zero attached hydrogens (tertiary/aromatic N) is 1. The van der Waals surface area contributed by atoms with Gasteiger partial charge in [-0.2, -0.15) is 0 Å². The molecule has 3 N–H and O–H groups in total. The number of primary sulfonamides is 1. The van der Waals surface area contributed by atoms with Crippen molar-refractivity contribution >= 4 is 38.6 Å². The molecule has 1 aromatic heterocycles. The molecule has 2 aromatic rings. The predicted octanol–water partition coefficient (Wildman–Crippen LogP) is 2.36. The molecule has 0 aliphatic heterocycles. The molecular formula is C11H12ClN3O2S2. The maximum atomic E-state index is 11.3. The first kappa shape index (κ1) is 14.3. The van der Waals surface area contributed by atoms with Crippen molar-refractivity contribution in [2.24, 2.45) is 5.14 Å². The number of halogens is 1. The summed E-state index contributed by atoms with van der Waals surface area (Å²) in [6.07, 6.45) is 0. The van der Waals surface area contributed by atoms with E-state index >= 15 is 0 Å². The lowest BCUT2D eigenvalue weighted by Gasteiger charge is -2.09. The monoisotopic (exact) mass is 317 g/mol. The van der Waals surface area contributed by atoms with E-state index in [-0.39, 0.29) is 4.90 Å². The molecule has 0 spiro atoms. The average Bonchev–Trinajstić information content (AvgIpc) is 2.72. The van der Waals surface area contributed by atoms with Crippen molar-refractivity contribution in [1.82, 2.24) is 4.98 Å². The molecule has 1 heterocycles. The number of aromatic nitrogens is 1. The maximum Gasteiger partial charge on any atom is 0.238 e. The lowest BCUT2D eigenvalue weighted by Crippen LogP contribution is -2.12. The molecule has 0 bridgehead atoms. The van der Waals surface area contributed by atoms with Gasteiger partial charge in [0.1, 0.15) is 0 Å². The van der Waals surface area contributed by atoms with Crippen LogP contribution >= 0.6 is 22.9 Å². The summed E-state index contributed by atoms with van der Waals surface area (Å²) in [7, 11) is -3.73. The SMILES string of the molecule is Cc1ncsc1CNc1cc(S(N)(=O)=O)ccc1Cl. The van der Waals surface area contributed by atoms with Gasteiger partial charge in [0.05, 0.1) is 33.4 Å². The van der Waals surface area contributed by atoms with Crippen LogP contribution in [0, 0.1) is 6.92 Å². The molecule has 0 saturated heterocycles. The Kier molecular flexibility index (Phi) is 4.10. The first-order valence-electron chi connectivity index (χ1n) is 5.33. The van der Waals surface area contributed by atoms with Crippen LogP contribution in [0.1, 0.15) is 10.6 Å². The smallest absolute Gasteiger partial charge is 0.238 e. The Hall–Kier alpha value is -1.15. The lowest BCUT2D eigenvalue weighted by atomic mass is 10.3. The van der Waals surface area contributed by atoms with E-state index in [0.717, 1.165) is 10.6 Å². The van der Waals surface area contributed by atoms with E-state index in [1.54, 1.807) is 5.51 Å². The Labute approximate surface area is 120 Å². The van der Waals surface area contributed by atoms with Gasteiger partial charge in [0.15, 0.2) is 0 Å². The average molecular weight is 318 g/mol. The van der Waals surface area contributed by atoms with Gasteiger partial charge >= 0.3 is 0 Å². The van der Waals surface area contributed by atoms with Crippen LogP contribution in [-0.4, -0.2) is 13.4 Å². The van der Waals surface area contributed by atoms with Crippen LogP contribution in [0.4, 0.5) is 5.69 Å². The highest BCUT2D eigenvalue weighted by molar-refractivity contribution is 7.89. The fourth-order valence-corrected chi connectivity index (χ4v) is 2.93. The van der Waals surface area contributed by atoms with Crippen LogP contribution in [0.2, 0.25) is 5.02 Å². The predicted molar refractivity (Wildman–Crippen MR) is 77.0 cm³/mol. The molecule has 102 valence electrons. The molecule has 8 heteroatoms. The van der Waals surface area contributed by atoms with Crippen LogP contribution in [0.5, 0.6) is 0 Å². The number of benzene rings is 1.